The van der Waals surface area contributed by atoms with Crippen LogP contribution in [0.25, 0.3) is 0 Å². The maximum atomic E-state index is 12.2. The minimum absolute atomic E-state index is 0.125. The maximum absolute atomic E-state index is 12.2. The summed E-state index contributed by atoms with van der Waals surface area (Å²) < 4.78 is 5.32. The predicted octanol–water partition coefficient (Wildman–Crippen LogP) is 1.99. The Morgan fingerprint density at radius 3 is 2.57 bits per heavy atom. The molecule has 0 saturated carbocycles. The lowest BCUT2D eigenvalue weighted by Crippen LogP contribution is -2.31. The molecule has 0 fully saturated rings. The summed E-state index contributed by atoms with van der Waals surface area (Å²) in [5.41, 5.74) is 2.00. The van der Waals surface area contributed by atoms with Gasteiger partial charge in [0, 0.05) is 20.5 Å². The van der Waals surface area contributed by atoms with Gasteiger partial charge in [-0.25, -0.2) is 0 Å². The van der Waals surface area contributed by atoms with Crippen LogP contribution < -0.4 is 10.2 Å². The largest absolute Gasteiger partial charge is 0.375 e. The highest BCUT2D eigenvalue weighted by molar-refractivity contribution is 6.04. The van der Waals surface area contributed by atoms with Crippen molar-refractivity contribution in [3.05, 3.63) is 42.0 Å². The molecule has 0 radical (unpaired) electrons. The van der Waals surface area contributed by atoms with Gasteiger partial charge in [-0.05, 0) is 19.1 Å². The highest BCUT2D eigenvalue weighted by Gasteiger charge is 2.15. The summed E-state index contributed by atoms with van der Waals surface area (Å²) in [6, 6.07) is 7.00. The Morgan fingerprint density at radius 1 is 1.29 bits per heavy atom. The zero-order valence-corrected chi connectivity index (χ0v) is 12.8. The van der Waals surface area contributed by atoms with Gasteiger partial charge in [0.05, 0.1) is 24.5 Å². The summed E-state index contributed by atoms with van der Waals surface area (Å²) in [6.45, 7) is 8.39. The van der Waals surface area contributed by atoms with Gasteiger partial charge in [0.25, 0.3) is 5.91 Å². The van der Waals surface area contributed by atoms with Crippen LogP contribution in [0.3, 0.4) is 0 Å². The fourth-order valence-corrected chi connectivity index (χ4v) is 1.71. The van der Waals surface area contributed by atoms with Gasteiger partial charge in [-0.1, -0.05) is 24.3 Å². The average Bonchev–Trinajstić information content (AvgIpc) is 2.45. The highest BCUT2D eigenvalue weighted by Crippen LogP contribution is 2.19. The second kappa shape index (κ2) is 8.21. The van der Waals surface area contributed by atoms with Crippen LogP contribution >= 0.6 is 0 Å². The van der Waals surface area contributed by atoms with Gasteiger partial charge in [0.1, 0.15) is 0 Å². The van der Waals surface area contributed by atoms with Gasteiger partial charge in [-0.15, -0.1) is 0 Å². The Kier molecular flexibility index (Phi) is 6.62. The number of nitrogens with zero attached hydrogens (tertiary/aromatic N) is 1. The molecule has 0 aliphatic rings. The molecule has 1 N–H and O–H groups in total. The number of rotatable bonds is 7. The number of carbonyl (C=O) groups is 2. The number of ether oxygens (including phenoxy) is 1. The standard InChI is InChI=1S/C16H22N2O3/c1-12(2)11-21-10-9-17-16(20)14-7-5-6-8-15(14)18(4)13(3)19/h5-8H,1,9-11H2,2-4H3,(H,17,20). The van der Waals surface area contributed by atoms with Crippen molar-refractivity contribution < 1.29 is 14.3 Å². The van der Waals surface area contributed by atoms with E-state index in [4.69, 9.17) is 4.74 Å². The molecule has 1 rings (SSSR count). The lowest BCUT2D eigenvalue weighted by atomic mass is 10.1. The summed E-state index contributed by atoms with van der Waals surface area (Å²) in [6.07, 6.45) is 0. The summed E-state index contributed by atoms with van der Waals surface area (Å²) in [5.74, 6) is -0.349. The van der Waals surface area contributed by atoms with E-state index >= 15 is 0 Å². The number of amides is 2. The van der Waals surface area contributed by atoms with Gasteiger partial charge in [0.2, 0.25) is 5.91 Å². The lowest BCUT2D eigenvalue weighted by Gasteiger charge is -2.18. The number of hydrogen-bond acceptors (Lipinski definition) is 3. The SMILES string of the molecule is C=C(C)COCCNC(=O)c1ccccc1N(C)C(C)=O. The van der Waals surface area contributed by atoms with Crippen molar-refractivity contribution in [2.45, 2.75) is 13.8 Å². The molecule has 0 atom stereocenters. The van der Waals surface area contributed by atoms with Crippen LogP contribution in [0.2, 0.25) is 0 Å². The van der Waals surface area contributed by atoms with Crippen molar-refractivity contribution >= 4 is 17.5 Å². The second-order valence-electron chi connectivity index (χ2n) is 4.86. The first-order valence-corrected chi connectivity index (χ1v) is 6.77. The number of carbonyl (C=O) groups excluding carboxylic acids is 2. The third kappa shape index (κ3) is 5.39. The Bertz CT molecular complexity index is 526. The maximum Gasteiger partial charge on any atom is 0.253 e. The second-order valence-corrected chi connectivity index (χ2v) is 4.86. The van der Waals surface area contributed by atoms with E-state index in [1.165, 1.54) is 11.8 Å². The third-order valence-corrected chi connectivity index (χ3v) is 2.86. The number of benzene rings is 1. The van der Waals surface area contributed by atoms with Crippen LogP contribution in [-0.4, -0.2) is 38.6 Å². The molecule has 0 spiro atoms. The van der Waals surface area contributed by atoms with Crippen molar-refractivity contribution in [3.63, 3.8) is 0 Å². The molecule has 0 saturated heterocycles. The van der Waals surface area contributed by atoms with Crippen molar-refractivity contribution in [3.8, 4) is 0 Å². The van der Waals surface area contributed by atoms with E-state index < -0.39 is 0 Å². The predicted molar refractivity (Wildman–Crippen MR) is 83.5 cm³/mol. The van der Waals surface area contributed by atoms with E-state index in [0.717, 1.165) is 5.57 Å². The fourth-order valence-electron chi connectivity index (χ4n) is 1.71. The van der Waals surface area contributed by atoms with Crippen molar-refractivity contribution in [1.29, 1.82) is 0 Å². The first-order chi connectivity index (χ1) is 9.93. The first-order valence-electron chi connectivity index (χ1n) is 6.77. The Morgan fingerprint density at radius 2 is 1.95 bits per heavy atom. The minimum Gasteiger partial charge on any atom is -0.375 e. The Labute approximate surface area is 125 Å². The molecule has 1 aromatic rings. The molecule has 5 nitrogen and oxygen atoms in total. The normalized spacial score (nSPS) is 10.0. The fraction of sp³-hybridized carbons (Fsp3) is 0.375. The summed E-state index contributed by atoms with van der Waals surface area (Å²) in [4.78, 5) is 25.1. The number of para-hydroxylation sites is 1. The topological polar surface area (TPSA) is 58.6 Å². The number of anilines is 1. The van der Waals surface area contributed by atoms with Crippen molar-refractivity contribution in [1.82, 2.24) is 5.32 Å². The molecule has 5 heteroatoms. The van der Waals surface area contributed by atoms with E-state index in [1.807, 2.05) is 6.92 Å². The van der Waals surface area contributed by atoms with E-state index in [0.29, 0.717) is 31.0 Å². The van der Waals surface area contributed by atoms with E-state index in [2.05, 4.69) is 11.9 Å². The van der Waals surface area contributed by atoms with Crippen LogP contribution in [0.5, 0.6) is 0 Å². The minimum atomic E-state index is -0.224. The van der Waals surface area contributed by atoms with Gasteiger partial charge < -0.3 is 15.0 Å². The van der Waals surface area contributed by atoms with Crippen LogP contribution in [0.1, 0.15) is 24.2 Å². The molecule has 0 aliphatic carbocycles. The van der Waals surface area contributed by atoms with Crippen LogP contribution in [0.15, 0.2) is 36.4 Å². The van der Waals surface area contributed by atoms with Crippen LogP contribution in [-0.2, 0) is 9.53 Å². The Balaban J connectivity index is 2.62. The smallest absolute Gasteiger partial charge is 0.253 e. The lowest BCUT2D eigenvalue weighted by molar-refractivity contribution is -0.116. The van der Waals surface area contributed by atoms with Gasteiger partial charge in [-0.3, -0.25) is 9.59 Å². The summed E-state index contributed by atoms with van der Waals surface area (Å²) >= 11 is 0. The molecule has 1 aromatic carbocycles. The van der Waals surface area contributed by atoms with Gasteiger partial charge in [0.15, 0.2) is 0 Å². The molecule has 0 unspecified atom stereocenters. The van der Waals surface area contributed by atoms with E-state index in [1.54, 1.807) is 31.3 Å². The number of nitrogens with one attached hydrogen (secondary N) is 1. The Hall–Kier alpha value is -2.14. The monoisotopic (exact) mass is 290 g/mol. The van der Waals surface area contributed by atoms with Gasteiger partial charge >= 0.3 is 0 Å². The molecule has 0 aliphatic heterocycles. The molecule has 114 valence electrons. The van der Waals surface area contributed by atoms with Gasteiger partial charge in [-0.2, -0.15) is 0 Å². The third-order valence-electron chi connectivity index (χ3n) is 2.86. The number of hydrogen-bond donors (Lipinski definition) is 1. The zero-order valence-electron chi connectivity index (χ0n) is 12.8. The molecule has 0 aromatic heterocycles. The van der Waals surface area contributed by atoms with Crippen molar-refractivity contribution in [2.75, 3.05) is 31.7 Å². The molecular formula is C16H22N2O3. The molecule has 0 heterocycles. The average molecular weight is 290 g/mol. The van der Waals surface area contributed by atoms with Crippen molar-refractivity contribution in [2.24, 2.45) is 0 Å². The molecule has 21 heavy (non-hydrogen) atoms. The van der Waals surface area contributed by atoms with Crippen LogP contribution in [0, 0.1) is 0 Å². The quantitative estimate of drug-likeness (QED) is 0.617. The van der Waals surface area contributed by atoms with E-state index in [9.17, 15) is 9.59 Å². The molecular weight excluding hydrogens is 268 g/mol. The molecule has 0 bridgehead atoms. The zero-order chi connectivity index (χ0) is 15.8. The highest BCUT2D eigenvalue weighted by atomic mass is 16.5. The van der Waals surface area contributed by atoms with E-state index in [-0.39, 0.29) is 11.8 Å². The summed E-state index contributed by atoms with van der Waals surface area (Å²) in [5, 5.41) is 2.78. The summed E-state index contributed by atoms with van der Waals surface area (Å²) in [7, 11) is 1.64. The molecule has 2 amide bonds. The van der Waals surface area contributed by atoms with Crippen LogP contribution in [0.4, 0.5) is 5.69 Å². The first kappa shape index (κ1) is 16.9.